The van der Waals surface area contributed by atoms with Gasteiger partial charge in [-0.15, -0.1) is 0 Å². The molecule has 0 bridgehead atoms. The van der Waals surface area contributed by atoms with Crippen molar-refractivity contribution < 1.29 is 89.4 Å². The summed E-state index contributed by atoms with van der Waals surface area (Å²) in [6.45, 7) is 1.92. The van der Waals surface area contributed by atoms with Crippen molar-refractivity contribution in [1.82, 2.24) is 39.0 Å². The van der Waals surface area contributed by atoms with Crippen LogP contribution in [-0.4, -0.2) is 165 Å². The first-order valence-electron chi connectivity index (χ1n) is 44.7. The molecule has 0 amide bonds. The van der Waals surface area contributed by atoms with Crippen LogP contribution in [0.2, 0.25) is 0 Å². The molecule has 2 saturated heterocycles. The fraction of sp³-hybridized carbons (Fsp3) is 0.239. The van der Waals surface area contributed by atoms with Crippen molar-refractivity contribution in [2.75, 3.05) is 94.9 Å². The standard InChI is InChI=1S/C109H102F2N10O17/c1-108(110)97(93(61-133-59-79-19-15-75(67-25-41-83(125-5)42-26-67)55-91(79)71-33-49-87(129-9)50-34-71)135-103(108)120-63-114-95-99(120)116-105(118-101(95)131-11)112-57-77-17-13-73(65-21-37-81(123-3)38-22-65)53-89(77)69-29-45-85(127-7)46-30-69)137-107(122)138-98-94(62-134-60-80-20-16-76(68-27-43-84(126-6)44-28-68)56-92(80)72-35-51-88(130-10)52-36-72)136-104(109(98,2)111)121-64-115-96-100(121)117-106(119-102(96)132-12)113-58-78-18-14-74(66-23-39-82(124-4)40-24-66)54-90(78)70-31-47-86(128-8)48-32-70/h13-56,63-64,93-94,97-98,103-104H,57-62H2,1-12H3,(H,112,116,118)(H,113,117,119)/t93-,94-,97-,98-,103-,104-,108-,109-/m1/s1. The van der Waals surface area contributed by atoms with Crippen LogP contribution in [0.15, 0.2) is 280 Å². The van der Waals surface area contributed by atoms with Crippen molar-refractivity contribution in [2.24, 2.45) is 0 Å². The van der Waals surface area contributed by atoms with Crippen molar-refractivity contribution in [1.29, 1.82) is 0 Å². The number of ether oxygens (including phenoxy) is 16. The quantitative estimate of drug-likeness (QED) is 0.0345. The van der Waals surface area contributed by atoms with Crippen LogP contribution in [0, 0.1) is 0 Å². The van der Waals surface area contributed by atoms with Gasteiger partial charge in [0.05, 0.1) is 110 Å². The van der Waals surface area contributed by atoms with Crippen LogP contribution < -0.4 is 58.0 Å². The summed E-state index contributed by atoms with van der Waals surface area (Å²) in [5, 5.41) is 6.83. The van der Waals surface area contributed by atoms with Crippen LogP contribution >= 0.6 is 0 Å². The summed E-state index contributed by atoms with van der Waals surface area (Å²) >= 11 is 0. The van der Waals surface area contributed by atoms with Crippen LogP contribution in [-0.2, 0) is 54.7 Å². The molecule has 27 nitrogen and oxygen atoms in total. The smallest absolute Gasteiger partial charge is 0.497 e. The molecule has 6 heterocycles. The molecule has 8 atom stereocenters. The number of halogens is 2. The zero-order valence-corrected chi connectivity index (χ0v) is 78.0. The maximum atomic E-state index is 19.5. The Kier molecular flexibility index (Phi) is 27.5. The van der Waals surface area contributed by atoms with Gasteiger partial charge in [0.25, 0.3) is 0 Å². The van der Waals surface area contributed by atoms with Gasteiger partial charge in [-0.1, -0.05) is 146 Å². The Labute approximate surface area is 796 Å². The number of aromatic nitrogens is 8. The van der Waals surface area contributed by atoms with Crippen LogP contribution in [0.3, 0.4) is 0 Å². The maximum Gasteiger partial charge on any atom is 0.509 e. The minimum Gasteiger partial charge on any atom is -0.497 e. The number of fused-ring (bicyclic) bond motifs is 2. The van der Waals surface area contributed by atoms with E-state index in [2.05, 4.69) is 34.9 Å². The summed E-state index contributed by atoms with van der Waals surface area (Å²) in [5.41, 5.74) is 12.7. The average molecular weight is 1860 g/mol. The summed E-state index contributed by atoms with van der Waals surface area (Å²) in [5.74, 6) is 5.81. The van der Waals surface area contributed by atoms with E-state index in [1.165, 1.54) is 49.9 Å². The normalized spacial score (nSPS) is 17.8. The minimum atomic E-state index is -2.74. The number of hydrogen-bond acceptors (Lipinski definition) is 25. The molecule has 0 radical (unpaired) electrons. The molecule has 138 heavy (non-hydrogen) atoms. The molecule has 0 unspecified atom stereocenters. The van der Waals surface area contributed by atoms with Gasteiger partial charge in [0.2, 0.25) is 23.7 Å². The average Bonchev–Trinajstić information content (AvgIpc) is 1.58. The largest absolute Gasteiger partial charge is 0.509 e. The molecule has 0 spiro atoms. The molecular formula is C109H102F2N10O17. The van der Waals surface area contributed by atoms with Gasteiger partial charge in [0.1, 0.15) is 58.2 Å². The zero-order chi connectivity index (χ0) is 95.7. The van der Waals surface area contributed by atoms with Crippen molar-refractivity contribution >= 4 is 40.4 Å². The fourth-order valence-electron chi connectivity index (χ4n) is 17.7. The highest BCUT2D eigenvalue weighted by Gasteiger charge is 2.62. The van der Waals surface area contributed by atoms with Gasteiger partial charge in [0.15, 0.2) is 58.3 Å². The molecule has 0 saturated carbocycles. The third-order valence-electron chi connectivity index (χ3n) is 25.2. The number of benzene rings is 12. The first-order chi connectivity index (χ1) is 67.2. The molecule has 0 aliphatic carbocycles. The third-order valence-corrected chi connectivity index (χ3v) is 25.2. The van der Waals surface area contributed by atoms with E-state index in [0.717, 1.165) is 123 Å². The van der Waals surface area contributed by atoms with Crippen molar-refractivity contribution in [3.8, 4) is 147 Å². The van der Waals surface area contributed by atoms with Crippen LogP contribution in [0.5, 0.6) is 57.8 Å². The monoisotopic (exact) mass is 1860 g/mol. The molecule has 2 aliphatic rings. The lowest BCUT2D eigenvalue weighted by Crippen LogP contribution is -2.47. The first kappa shape index (κ1) is 92.7. The van der Waals surface area contributed by atoms with Gasteiger partial charge in [-0.2, -0.15) is 19.9 Å². The predicted octanol–water partition coefficient (Wildman–Crippen LogP) is 21.9. The number of hydrogen-bond donors (Lipinski definition) is 2. The third kappa shape index (κ3) is 19.5. The number of rotatable bonds is 36. The van der Waals surface area contributed by atoms with Crippen LogP contribution in [0.1, 0.15) is 48.6 Å². The van der Waals surface area contributed by atoms with Gasteiger partial charge in [-0.3, -0.25) is 9.13 Å². The number of methoxy groups -OCH3 is 10. The molecule has 2 N–H and O–H groups in total. The van der Waals surface area contributed by atoms with Crippen molar-refractivity contribution in [2.45, 2.75) is 88.4 Å². The molecule has 12 aromatic carbocycles. The van der Waals surface area contributed by atoms with E-state index in [4.69, 9.17) is 106 Å². The summed E-state index contributed by atoms with van der Waals surface area (Å²) in [6, 6.07) is 86.3. The Bertz CT molecular complexity index is 6560. The van der Waals surface area contributed by atoms with Gasteiger partial charge < -0.3 is 86.4 Å². The van der Waals surface area contributed by atoms with Gasteiger partial charge >= 0.3 is 6.16 Å². The Morgan fingerprint density at radius 2 is 0.572 bits per heavy atom. The first-order valence-corrected chi connectivity index (χ1v) is 44.7. The molecule has 2 aliphatic heterocycles. The Balaban J connectivity index is 0.687. The molecule has 704 valence electrons. The van der Waals surface area contributed by atoms with E-state index in [0.29, 0.717) is 34.5 Å². The molecule has 4 aromatic heterocycles. The fourth-order valence-corrected chi connectivity index (χ4v) is 17.7. The van der Waals surface area contributed by atoms with Gasteiger partial charge in [-0.25, -0.2) is 23.5 Å². The number of nitrogens with one attached hydrogen (secondary N) is 2. The Hall–Kier alpha value is -15.7. The molecule has 2 fully saturated rings. The number of carbonyl (C=O) groups excluding carboxylic acids is 1. The lowest BCUT2D eigenvalue weighted by molar-refractivity contribution is -0.0963. The molecule has 16 aromatic rings. The topological polar surface area (TPSA) is 276 Å². The molecule has 18 rings (SSSR count). The maximum absolute atomic E-state index is 19.5. The Morgan fingerprint density at radius 3 is 0.833 bits per heavy atom. The highest BCUT2D eigenvalue weighted by molar-refractivity contribution is 5.83. The second-order valence-corrected chi connectivity index (χ2v) is 33.5. The van der Waals surface area contributed by atoms with Crippen molar-refractivity contribution in [3.05, 3.63) is 302 Å². The minimum absolute atomic E-state index is 0.0490. The van der Waals surface area contributed by atoms with Crippen LogP contribution in [0.25, 0.3) is 111 Å². The number of imidazole rings is 2. The summed E-state index contributed by atoms with van der Waals surface area (Å²) in [6.07, 6.45) is -8.87. The van der Waals surface area contributed by atoms with E-state index in [1.54, 1.807) is 56.9 Å². The second-order valence-electron chi connectivity index (χ2n) is 33.5. The Morgan fingerprint density at radius 1 is 0.326 bits per heavy atom. The summed E-state index contributed by atoms with van der Waals surface area (Å²) < 4.78 is 138. The zero-order valence-electron chi connectivity index (χ0n) is 78.0. The highest BCUT2D eigenvalue weighted by Crippen LogP contribution is 2.50. The molecular weight excluding hydrogens is 1760 g/mol. The summed E-state index contributed by atoms with van der Waals surface area (Å²) in [4.78, 5) is 44.7. The van der Waals surface area contributed by atoms with E-state index >= 15 is 13.6 Å². The second kappa shape index (κ2) is 40.9. The number of alkyl halides is 2. The van der Waals surface area contributed by atoms with Crippen molar-refractivity contribution in [3.63, 3.8) is 0 Å². The van der Waals surface area contributed by atoms with E-state index in [9.17, 15) is 0 Å². The number of carbonyl (C=O) groups is 1. The SMILES string of the molecule is COc1ccc(-c2ccc(CNc3nc(OC)c4ncn([C@@H]5O[C@H](COCc6ccc(-c7ccc(OC)cc7)cc6-c6ccc(OC)cc6)[C@@H](OC(=O)O[C@@H]6[C@@H](COCc7ccc(-c8ccc(OC)cc8)cc7-c7ccc(OC)cc7)O[C@@H](n7cnc8c(OC)nc(NCc9ccc(-c%10ccc(OC)cc%10)cc9-c9ccc(OC)cc9)nc87)[C@]6(C)F)[C@@]5(C)F)c4n3)c(-c3ccc(OC)cc3)c2)cc1. The highest BCUT2D eigenvalue weighted by atomic mass is 19.1. The number of nitrogens with zero attached hydrogens (tertiary/aromatic N) is 8. The van der Waals surface area contributed by atoms with E-state index in [-0.39, 0.29) is 72.3 Å². The van der Waals surface area contributed by atoms with E-state index in [1.807, 2.05) is 243 Å². The van der Waals surface area contributed by atoms with Crippen LogP contribution in [0.4, 0.5) is 25.5 Å². The molecule has 29 heteroatoms. The summed E-state index contributed by atoms with van der Waals surface area (Å²) in [7, 11) is 15.8. The van der Waals surface area contributed by atoms with Gasteiger partial charge in [-0.05, 0) is 246 Å². The van der Waals surface area contributed by atoms with E-state index < -0.39 is 67.6 Å². The predicted molar refractivity (Wildman–Crippen MR) is 521 cm³/mol. The lowest BCUT2D eigenvalue weighted by atomic mass is 9.94. The number of anilines is 2. The van der Waals surface area contributed by atoms with Gasteiger partial charge in [0, 0.05) is 13.1 Å². The lowest BCUT2D eigenvalue weighted by Gasteiger charge is -2.30.